The number of carbonyl (C=O) groups is 3. The number of ether oxygens (including phenoxy) is 3. The molecule has 0 bridgehead atoms. The predicted octanol–water partition coefficient (Wildman–Crippen LogP) is 0.969. The zero-order valence-electron chi connectivity index (χ0n) is 13.8. The Kier molecular flexibility index (Phi) is 9.09. The maximum atomic E-state index is 12.0. The van der Waals surface area contributed by atoms with Gasteiger partial charge in [0.15, 0.2) is 0 Å². The number of carbonyl (C=O) groups excluding carboxylic acids is 3. The number of esters is 3. The Hall–Kier alpha value is -1.89. The summed E-state index contributed by atoms with van der Waals surface area (Å²) in [5.74, 6) is -1.94. The molecule has 0 aromatic carbocycles. The van der Waals surface area contributed by atoms with Crippen LogP contribution in [0.5, 0.6) is 0 Å². The van der Waals surface area contributed by atoms with Gasteiger partial charge < -0.3 is 14.2 Å². The van der Waals surface area contributed by atoms with Crippen LogP contribution in [0.4, 0.5) is 0 Å². The molecule has 0 aliphatic carbocycles. The summed E-state index contributed by atoms with van der Waals surface area (Å²) in [4.78, 5) is 34.9. The molecule has 7 heteroatoms. The Morgan fingerprint density at radius 2 is 1.64 bits per heavy atom. The van der Waals surface area contributed by atoms with E-state index >= 15 is 0 Å². The van der Waals surface area contributed by atoms with E-state index in [0.29, 0.717) is 0 Å². The molecular formula is C15H25NO6. The van der Waals surface area contributed by atoms with Crippen LogP contribution in [-0.2, 0) is 28.6 Å². The van der Waals surface area contributed by atoms with Gasteiger partial charge in [-0.25, -0.2) is 14.4 Å². The molecule has 0 saturated heterocycles. The summed E-state index contributed by atoms with van der Waals surface area (Å²) in [6.45, 7) is 8.99. The van der Waals surface area contributed by atoms with Gasteiger partial charge in [0.05, 0.1) is 13.2 Å². The van der Waals surface area contributed by atoms with Gasteiger partial charge >= 0.3 is 17.9 Å². The fourth-order valence-corrected chi connectivity index (χ4v) is 1.38. The third kappa shape index (κ3) is 9.12. The van der Waals surface area contributed by atoms with Crippen LogP contribution >= 0.6 is 0 Å². The zero-order chi connectivity index (χ0) is 17.2. The molecule has 0 fully saturated rings. The van der Waals surface area contributed by atoms with Crippen LogP contribution < -0.4 is 5.32 Å². The molecule has 0 aromatic rings. The Morgan fingerprint density at radius 1 is 1.05 bits per heavy atom. The lowest BCUT2D eigenvalue weighted by Crippen LogP contribution is -2.47. The van der Waals surface area contributed by atoms with E-state index in [-0.39, 0.29) is 19.8 Å². The fourth-order valence-electron chi connectivity index (χ4n) is 1.38. The molecule has 0 radical (unpaired) electrons. The number of nitrogens with one attached hydrogen (secondary N) is 1. The van der Waals surface area contributed by atoms with Gasteiger partial charge in [0.1, 0.15) is 5.60 Å². The molecule has 1 atom stereocenters. The molecule has 126 valence electrons. The maximum absolute atomic E-state index is 12.0. The van der Waals surface area contributed by atoms with Crippen molar-refractivity contribution in [2.24, 2.45) is 0 Å². The van der Waals surface area contributed by atoms with Crippen LogP contribution in [0.25, 0.3) is 0 Å². The van der Waals surface area contributed by atoms with Crippen LogP contribution in [0.1, 0.15) is 34.6 Å². The van der Waals surface area contributed by atoms with Gasteiger partial charge in [-0.2, -0.15) is 0 Å². The monoisotopic (exact) mass is 315 g/mol. The second kappa shape index (κ2) is 9.94. The van der Waals surface area contributed by atoms with Crippen molar-refractivity contribution in [1.82, 2.24) is 5.32 Å². The van der Waals surface area contributed by atoms with Crippen LogP contribution in [0.3, 0.4) is 0 Å². The highest BCUT2D eigenvalue weighted by Crippen LogP contribution is 2.09. The number of hydrogen-bond donors (Lipinski definition) is 1. The SMILES string of the molecule is CCOC(=O)/C=C/CNC(C(=O)OCC)C(=O)OC(C)(C)C. The van der Waals surface area contributed by atoms with E-state index in [2.05, 4.69) is 5.32 Å². The van der Waals surface area contributed by atoms with Crippen molar-refractivity contribution in [3.8, 4) is 0 Å². The van der Waals surface area contributed by atoms with Crippen molar-refractivity contribution in [3.05, 3.63) is 12.2 Å². The number of hydrogen-bond acceptors (Lipinski definition) is 7. The third-order valence-corrected chi connectivity index (χ3v) is 2.15. The van der Waals surface area contributed by atoms with Crippen molar-refractivity contribution >= 4 is 17.9 Å². The fraction of sp³-hybridized carbons (Fsp3) is 0.667. The van der Waals surface area contributed by atoms with Gasteiger partial charge in [0.25, 0.3) is 0 Å². The second-order valence-corrected chi connectivity index (χ2v) is 5.28. The van der Waals surface area contributed by atoms with E-state index in [1.165, 1.54) is 12.2 Å². The van der Waals surface area contributed by atoms with Gasteiger partial charge in [-0.3, -0.25) is 5.32 Å². The van der Waals surface area contributed by atoms with Crippen molar-refractivity contribution < 1.29 is 28.6 Å². The summed E-state index contributed by atoms with van der Waals surface area (Å²) in [7, 11) is 0. The lowest BCUT2D eigenvalue weighted by atomic mass is 10.2. The molecule has 1 N–H and O–H groups in total. The van der Waals surface area contributed by atoms with Gasteiger partial charge in [0.2, 0.25) is 6.04 Å². The van der Waals surface area contributed by atoms with Gasteiger partial charge in [0, 0.05) is 12.6 Å². The zero-order valence-corrected chi connectivity index (χ0v) is 13.8. The van der Waals surface area contributed by atoms with E-state index in [1.54, 1.807) is 34.6 Å². The molecule has 0 aromatic heterocycles. The highest BCUT2D eigenvalue weighted by atomic mass is 16.6. The molecule has 7 nitrogen and oxygen atoms in total. The minimum atomic E-state index is -1.24. The summed E-state index contributed by atoms with van der Waals surface area (Å²) in [6.07, 6.45) is 2.67. The Balaban J connectivity index is 4.64. The van der Waals surface area contributed by atoms with Crippen molar-refractivity contribution in [2.75, 3.05) is 19.8 Å². The molecule has 1 unspecified atom stereocenters. The lowest BCUT2D eigenvalue weighted by molar-refractivity contribution is -0.165. The summed E-state index contributed by atoms with van der Waals surface area (Å²) in [6, 6.07) is -1.24. The van der Waals surface area contributed by atoms with Crippen LogP contribution in [0.2, 0.25) is 0 Å². The summed E-state index contributed by atoms with van der Waals surface area (Å²) >= 11 is 0. The van der Waals surface area contributed by atoms with Crippen molar-refractivity contribution in [2.45, 2.75) is 46.3 Å². The molecular weight excluding hydrogens is 290 g/mol. The maximum Gasteiger partial charge on any atom is 0.335 e. The lowest BCUT2D eigenvalue weighted by Gasteiger charge is -2.23. The van der Waals surface area contributed by atoms with E-state index < -0.39 is 29.6 Å². The normalized spacial score (nSPS) is 12.8. The van der Waals surface area contributed by atoms with E-state index in [0.717, 1.165) is 0 Å². The molecule has 0 spiro atoms. The van der Waals surface area contributed by atoms with Crippen molar-refractivity contribution in [1.29, 1.82) is 0 Å². The van der Waals surface area contributed by atoms with Gasteiger partial charge in [-0.15, -0.1) is 0 Å². The van der Waals surface area contributed by atoms with Gasteiger partial charge in [-0.1, -0.05) is 6.08 Å². The summed E-state index contributed by atoms with van der Waals surface area (Å²) < 4.78 is 14.7. The standard InChI is InChI=1S/C15H25NO6/c1-6-20-11(17)9-8-10-16-12(13(18)21-7-2)14(19)22-15(3,4)5/h8-9,12,16H,6-7,10H2,1-5H3/b9-8+. The minimum Gasteiger partial charge on any atom is -0.464 e. The predicted molar refractivity (Wildman–Crippen MR) is 80.0 cm³/mol. The minimum absolute atomic E-state index is 0.113. The topological polar surface area (TPSA) is 90.9 Å². The molecule has 0 saturated carbocycles. The smallest absolute Gasteiger partial charge is 0.335 e. The average Bonchev–Trinajstić information content (AvgIpc) is 2.36. The molecule has 0 amide bonds. The Labute approximate surface area is 131 Å². The quantitative estimate of drug-likeness (QED) is 0.309. The first-order valence-corrected chi connectivity index (χ1v) is 7.17. The molecule has 22 heavy (non-hydrogen) atoms. The third-order valence-electron chi connectivity index (χ3n) is 2.15. The Morgan fingerprint density at radius 3 is 2.14 bits per heavy atom. The highest BCUT2D eigenvalue weighted by molar-refractivity contribution is 5.99. The van der Waals surface area contributed by atoms with E-state index in [1.807, 2.05) is 0 Å². The first kappa shape index (κ1) is 20.1. The second-order valence-electron chi connectivity index (χ2n) is 5.28. The summed E-state index contributed by atoms with van der Waals surface area (Å²) in [5.41, 5.74) is -0.718. The Bertz CT molecular complexity index is 411. The average molecular weight is 315 g/mol. The van der Waals surface area contributed by atoms with Crippen molar-refractivity contribution in [3.63, 3.8) is 0 Å². The highest BCUT2D eigenvalue weighted by Gasteiger charge is 2.31. The van der Waals surface area contributed by atoms with E-state index in [4.69, 9.17) is 14.2 Å². The molecule has 0 aliphatic heterocycles. The molecule has 0 rings (SSSR count). The molecule has 0 heterocycles. The van der Waals surface area contributed by atoms with Crippen LogP contribution in [-0.4, -0.2) is 49.3 Å². The summed E-state index contributed by atoms with van der Waals surface area (Å²) in [5, 5.41) is 2.68. The van der Waals surface area contributed by atoms with Crippen LogP contribution in [0.15, 0.2) is 12.2 Å². The van der Waals surface area contributed by atoms with E-state index in [9.17, 15) is 14.4 Å². The molecule has 0 aliphatic rings. The van der Waals surface area contributed by atoms with Gasteiger partial charge in [-0.05, 0) is 34.6 Å². The number of rotatable bonds is 8. The first-order valence-electron chi connectivity index (χ1n) is 7.17. The largest absolute Gasteiger partial charge is 0.464 e. The van der Waals surface area contributed by atoms with Crippen LogP contribution in [0, 0.1) is 0 Å². The first-order chi connectivity index (χ1) is 10.2.